The van der Waals surface area contributed by atoms with Crippen molar-refractivity contribution in [1.29, 1.82) is 0 Å². The van der Waals surface area contributed by atoms with E-state index in [1.807, 2.05) is 44.3 Å². The molecule has 1 aromatic carbocycles. The van der Waals surface area contributed by atoms with Crippen LogP contribution in [0.1, 0.15) is 6.92 Å². The van der Waals surface area contributed by atoms with E-state index in [2.05, 4.69) is 0 Å². The Morgan fingerprint density at radius 3 is 2.36 bits per heavy atom. The Kier molecular flexibility index (Phi) is 3.25. The van der Waals surface area contributed by atoms with Gasteiger partial charge in [0.05, 0.1) is 19.6 Å². The maximum atomic E-state index is 10.6. The summed E-state index contributed by atoms with van der Waals surface area (Å²) in [4.78, 5) is 10.6. The van der Waals surface area contributed by atoms with E-state index >= 15 is 0 Å². The molecule has 0 heterocycles. The van der Waals surface area contributed by atoms with Crippen LogP contribution in [0.3, 0.4) is 0 Å². The molecule has 0 saturated heterocycles. The molecule has 1 rings (SSSR count). The summed E-state index contributed by atoms with van der Waals surface area (Å²) in [6.45, 7) is 2.72. The highest BCUT2D eigenvalue weighted by molar-refractivity contribution is 5.69. The number of carbonyl (C=O) groups is 1. The van der Waals surface area contributed by atoms with E-state index in [-0.39, 0.29) is 6.54 Å². The number of para-hydroxylation sites is 1. The minimum Gasteiger partial charge on any atom is -0.544 e. The van der Waals surface area contributed by atoms with Gasteiger partial charge in [0.25, 0.3) is 0 Å². The number of benzene rings is 1. The molecule has 0 aliphatic rings. The van der Waals surface area contributed by atoms with Gasteiger partial charge in [-0.05, 0) is 19.1 Å². The summed E-state index contributed by atoms with van der Waals surface area (Å²) in [6.07, 6.45) is 0. The Bertz CT molecular complexity index is 310. The summed E-state index contributed by atoms with van der Waals surface area (Å²) >= 11 is 0. The molecule has 76 valence electrons. The molecular weight excluding hydrogens is 178 g/mol. The first-order valence-corrected chi connectivity index (χ1v) is 4.68. The fourth-order valence-corrected chi connectivity index (χ4v) is 1.46. The Balaban J connectivity index is 2.95. The number of hydrogen-bond acceptors (Lipinski definition) is 2. The van der Waals surface area contributed by atoms with Crippen molar-refractivity contribution in [2.75, 3.05) is 20.1 Å². The van der Waals surface area contributed by atoms with E-state index in [9.17, 15) is 9.90 Å². The molecule has 3 nitrogen and oxygen atoms in total. The first-order valence-electron chi connectivity index (χ1n) is 4.68. The van der Waals surface area contributed by atoms with Crippen molar-refractivity contribution in [3.05, 3.63) is 30.3 Å². The van der Waals surface area contributed by atoms with Gasteiger partial charge in [0.1, 0.15) is 12.2 Å². The lowest BCUT2D eigenvalue weighted by molar-refractivity contribution is -0.305. The van der Waals surface area contributed by atoms with Crippen molar-refractivity contribution in [1.82, 2.24) is 4.48 Å². The summed E-state index contributed by atoms with van der Waals surface area (Å²) in [7, 11) is 1.89. The summed E-state index contributed by atoms with van der Waals surface area (Å²) in [6, 6.07) is 9.62. The number of hydrogen-bond donors (Lipinski definition) is 0. The molecule has 1 aromatic rings. The number of nitrogens with zero attached hydrogens (tertiary/aromatic N) is 1. The molecule has 0 spiro atoms. The smallest absolute Gasteiger partial charge is 0.132 e. The van der Waals surface area contributed by atoms with Gasteiger partial charge in [0.2, 0.25) is 0 Å². The van der Waals surface area contributed by atoms with Gasteiger partial charge in [-0.25, -0.2) is 0 Å². The van der Waals surface area contributed by atoms with Crippen LogP contribution in [0.5, 0.6) is 0 Å². The van der Waals surface area contributed by atoms with Gasteiger partial charge in [-0.2, -0.15) is 0 Å². The van der Waals surface area contributed by atoms with E-state index < -0.39 is 5.97 Å². The first kappa shape index (κ1) is 10.7. The number of carboxylic acids is 1. The van der Waals surface area contributed by atoms with Crippen molar-refractivity contribution in [2.45, 2.75) is 6.92 Å². The van der Waals surface area contributed by atoms with Crippen LogP contribution < -0.4 is 9.59 Å². The summed E-state index contributed by atoms with van der Waals surface area (Å²) in [5.41, 5.74) is 0.999. The SMILES string of the molecule is CC[N+](C)(CC(=O)[O-])c1ccccc1. The zero-order valence-corrected chi connectivity index (χ0v) is 8.56. The highest BCUT2D eigenvalue weighted by atomic mass is 16.4. The van der Waals surface area contributed by atoms with Gasteiger partial charge < -0.3 is 9.90 Å². The fraction of sp³-hybridized carbons (Fsp3) is 0.364. The molecule has 0 bridgehead atoms. The summed E-state index contributed by atoms with van der Waals surface area (Å²) in [5.74, 6) is -1.02. The molecule has 0 amide bonds. The first-order chi connectivity index (χ1) is 6.58. The molecule has 14 heavy (non-hydrogen) atoms. The molecule has 0 aliphatic carbocycles. The van der Waals surface area contributed by atoms with Gasteiger partial charge in [0, 0.05) is 0 Å². The van der Waals surface area contributed by atoms with Crippen molar-refractivity contribution in [3.8, 4) is 0 Å². The molecule has 1 unspecified atom stereocenters. The van der Waals surface area contributed by atoms with Gasteiger partial charge >= 0.3 is 0 Å². The second kappa shape index (κ2) is 4.24. The zero-order valence-electron chi connectivity index (χ0n) is 8.56. The van der Waals surface area contributed by atoms with Crippen LogP contribution in [-0.2, 0) is 4.79 Å². The van der Waals surface area contributed by atoms with Crippen molar-refractivity contribution in [3.63, 3.8) is 0 Å². The van der Waals surface area contributed by atoms with Crippen LogP contribution >= 0.6 is 0 Å². The third-order valence-corrected chi connectivity index (χ3v) is 2.56. The zero-order chi connectivity index (χ0) is 10.6. The highest BCUT2D eigenvalue weighted by Crippen LogP contribution is 2.19. The predicted molar refractivity (Wildman–Crippen MR) is 54.6 cm³/mol. The monoisotopic (exact) mass is 193 g/mol. The average molecular weight is 193 g/mol. The van der Waals surface area contributed by atoms with E-state index in [1.54, 1.807) is 0 Å². The third kappa shape index (κ3) is 2.33. The molecule has 3 heteroatoms. The Morgan fingerprint density at radius 2 is 1.93 bits per heavy atom. The normalized spacial score (nSPS) is 14.7. The van der Waals surface area contributed by atoms with E-state index in [0.717, 1.165) is 12.2 Å². The molecule has 0 fully saturated rings. The van der Waals surface area contributed by atoms with Gasteiger partial charge in [-0.3, -0.25) is 4.48 Å². The average Bonchev–Trinajstić information content (AvgIpc) is 2.18. The number of carboxylic acid groups (broad SMARTS) is 1. The molecule has 0 saturated carbocycles. The molecule has 1 atom stereocenters. The van der Waals surface area contributed by atoms with Gasteiger partial charge in [0.15, 0.2) is 0 Å². The van der Waals surface area contributed by atoms with Gasteiger partial charge in [-0.1, -0.05) is 18.2 Å². The topological polar surface area (TPSA) is 40.1 Å². The Hall–Kier alpha value is -1.35. The van der Waals surface area contributed by atoms with Crippen LogP contribution in [0, 0.1) is 0 Å². The van der Waals surface area contributed by atoms with E-state index in [4.69, 9.17) is 0 Å². The van der Waals surface area contributed by atoms with Crippen LogP contribution in [0.2, 0.25) is 0 Å². The predicted octanol–water partition coefficient (Wildman–Crippen LogP) is 0.393. The van der Waals surface area contributed by atoms with E-state index in [1.165, 1.54) is 0 Å². The quantitative estimate of drug-likeness (QED) is 0.649. The van der Waals surface area contributed by atoms with Gasteiger partial charge in [-0.15, -0.1) is 0 Å². The molecule has 0 N–H and O–H groups in total. The lowest BCUT2D eigenvalue weighted by Gasteiger charge is -2.33. The molecule has 0 aromatic heterocycles. The largest absolute Gasteiger partial charge is 0.544 e. The maximum absolute atomic E-state index is 10.6. The minimum atomic E-state index is -1.02. The number of aliphatic carboxylic acids is 1. The van der Waals surface area contributed by atoms with E-state index in [0.29, 0.717) is 4.48 Å². The number of carbonyl (C=O) groups excluding carboxylic acids is 1. The van der Waals surface area contributed by atoms with Crippen molar-refractivity contribution < 1.29 is 9.90 Å². The van der Waals surface area contributed by atoms with Crippen LogP contribution in [-0.4, -0.2) is 26.1 Å². The summed E-state index contributed by atoms with van der Waals surface area (Å²) < 4.78 is 0.378. The standard InChI is InChI=1S/C11H15NO2/c1-3-12(2,9-11(13)14)10-7-5-4-6-8-10/h4-8H,3,9H2,1-2H3. The molecular formula is C11H15NO2. The Morgan fingerprint density at radius 1 is 1.36 bits per heavy atom. The van der Waals surface area contributed by atoms with Crippen LogP contribution in [0.15, 0.2) is 30.3 Å². The fourth-order valence-electron chi connectivity index (χ4n) is 1.46. The van der Waals surface area contributed by atoms with Crippen LogP contribution in [0.4, 0.5) is 5.69 Å². The minimum absolute atomic E-state index is 0.0144. The molecule has 0 radical (unpaired) electrons. The number of quaternary nitrogens is 1. The second-order valence-electron chi connectivity index (χ2n) is 3.58. The lowest BCUT2D eigenvalue weighted by atomic mass is 10.2. The maximum Gasteiger partial charge on any atom is 0.132 e. The third-order valence-electron chi connectivity index (χ3n) is 2.56. The van der Waals surface area contributed by atoms with Crippen molar-refractivity contribution >= 4 is 11.7 Å². The number of rotatable bonds is 4. The molecule has 0 aliphatic heterocycles. The number of likely N-dealkylation sites (N-methyl/N-ethyl adjacent to an activating group) is 1. The highest BCUT2D eigenvalue weighted by Gasteiger charge is 2.22. The van der Waals surface area contributed by atoms with Crippen LogP contribution in [0.25, 0.3) is 0 Å². The summed E-state index contributed by atoms with van der Waals surface area (Å²) in [5, 5.41) is 10.6. The Labute approximate surface area is 84.2 Å². The van der Waals surface area contributed by atoms with Crippen molar-refractivity contribution in [2.24, 2.45) is 0 Å². The second-order valence-corrected chi connectivity index (χ2v) is 3.58. The lowest BCUT2D eigenvalue weighted by Crippen LogP contribution is -2.52.